The van der Waals surface area contributed by atoms with Crippen molar-refractivity contribution in [3.8, 4) is 5.75 Å². The zero-order chi connectivity index (χ0) is 13.9. The molecule has 20 heavy (non-hydrogen) atoms. The van der Waals surface area contributed by atoms with Gasteiger partial charge in [0.2, 0.25) is 0 Å². The highest BCUT2D eigenvalue weighted by molar-refractivity contribution is 6.07. The Morgan fingerprint density at radius 1 is 1.20 bits per heavy atom. The van der Waals surface area contributed by atoms with Crippen molar-refractivity contribution in [3.05, 3.63) is 54.4 Å². The van der Waals surface area contributed by atoms with E-state index in [2.05, 4.69) is 15.3 Å². The van der Waals surface area contributed by atoms with Gasteiger partial charge in [0.15, 0.2) is 0 Å². The number of ether oxygens (including phenoxy) is 1. The van der Waals surface area contributed by atoms with E-state index in [4.69, 9.17) is 4.74 Å². The Balaban J connectivity index is 1.86. The molecule has 3 aromatic rings. The predicted molar refractivity (Wildman–Crippen MR) is 77.0 cm³/mol. The zero-order valence-corrected chi connectivity index (χ0v) is 10.9. The largest absolute Gasteiger partial charge is 0.497 e. The van der Waals surface area contributed by atoms with Crippen LogP contribution in [-0.4, -0.2) is 23.0 Å². The molecule has 0 saturated heterocycles. The molecule has 5 nitrogen and oxygen atoms in total. The molecule has 0 atom stereocenters. The van der Waals surface area contributed by atoms with Gasteiger partial charge in [0.1, 0.15) is 11.3 Å². The van der Waals surface area contributed by atoms with Crippen LogP contribution in [0.25, 0.3) is 11.0 Å². The number of para-hydroxylation sites is 1. The minimum Gasteiger partial charge on any atom is -0.497 e. The predicted octanol–water partition coefficient (Wildman–Crippen LogP) is 2.82. The van der Waals surface area contributed by atoms with Gasteiger partial charge in [-0.15, -0.1) is 0 Å². The second-order valence-corrected chi connectivity index (χ2v) is 4.29. The number of carbonyl (C=O) groups excluding carboxylic acids is 1. The molecule has 0 radical (unpaired) electrons. The van der Waals surface area contributed by atoms with Crippen molar-refractivity contribution in [3.63, 3.8) is 0 Å². The normalized spacial score (nSPS) is 10.4. The van der Waals surface area contributed by atoms with Crippen molar-refractivity contribution in [1.29, 1.82) is 0 Å². The van der Waals surface area contributed by atoms with Crippen LogP contribution in [0.3, 0.4) is 0 Å². The maximum absolute atomic E-state index is 12.2. The molecule has 5 heteroatoms. The fourth-order valence-electron chi connectivity index (χ4n) is 2.00. The van der Waals surface area contributed by atoms with Gasteiger partial charge in [-0.25, -0.2) is 4.98 Å². The van der Waals surface area contributed by atoms with Gasteiger partial charge >= 0.3 is 0 Å². The number of amides is 1. The van der Waals surface area contributed by atoms with E-state index in [0.717, 1.165) is 16.8 Å². The van der Waals surface area contributed by atoms with E-state index in [1.165, 1.54) is 0 Å². The second kappa shape index (κ2) is 5.05. The number of methoxy groups -OCH3 is 1. The second-order valence-electron chi connectivity index (χ2n) is 4.29. The number of hydrogen-bond donors (Lipinski definition) is 2. The quantitative estimate of drug-likeness (QED) is 0.766. The van der Waals surface area contributed by atoms with Gasteiger partial charge in [-0.2, -0.15) is 0 Å². The number of nitrogens with one attached hydrogen (secondary N) is 2. The number of hydrogen-bond acceptors (Lipinski definition) is 3. The lowest BCUT2D eigenvalue weighted by Gasteiger charge is -2.06. The van der Waals surface area contributed by atoms with E-state index in [-0.39, 0.29) is 5.91 Å². The minimum atomic E-state index is -0.178. The van der Waals surface area contributed by atoms with Crippen molar-refractivity contribution in [2.75, 3.05) is 12.4 Å². The number of benzene rings is 2. The molecule has 0 fully saturated rings. The molecular weight excluding hydrogens is 254 g/mol. The first-order valence-corrected chi connectivity index (χ1v) is 6.15. The lowest BCUT2D eigenvalue weighted by Crippen LogP contribution is -2.12. The smallest absolute Gasteiger partial charge is 0.255 e. The standard InChI is InChI=1S/C15H13N3O2/c1-20-11-7-5-10(6-8-11)15(19)18-13-4-2-3-12-14(13)17-9-16-12/h2-9H,1H3,(H,16,17)(H,18,19). The third kappa shape index (κ3) is 2.21. The van der Waals surface area contributed by atoms with E-state index in [1.807, 2.05) is 18.2 Å². The van der Waals surface area contributed by atoms with Gasteiger partial charge in [0.05, 0.1) is 24.6 Å². The number of aromatic nitrogens is 2. The number of H-pyrrole nitrogens is 1. The Bertz CT molecular complexity index is 747. The van der Waals surface area contributed by atoms with Crippen molar-refractivity contribution in [1.82, 2.24) is 9.97 Å². The Morgan fingerprint density at radius 2 is 2.00 bits per heavy atom. The molecule has 2 aromatic carbocycles. The van der Waals surface area contributed by atoms with Gasteiger partial charge in [0.25, 0.3) is 5.91 Å². The number of rotatable bonds is 3. The number of imidazole rings is 1. The Hall–Kier alpha value is -2.82. The summed E-state index contributed by atoms with van der Waals surface area (Å²) in [5.41, 5.74) is 2.88. The average Bonchev–Trinajstić information content (AvgIpc) is 2.97. The summed E-state index contributed by atoms with van der Waals surface area (Å²) in [5, 5.41) is 2.86. The highest BCUT2D eigenvalue weighted by atomic mass is 16.5. The maximum Gasteiger partial charge on any atom is 0.255 e. The van der Waals surface area contributed by atoms with Gasteiger partial charge in [-0.05, 0) is 36.4 Å². The molecule has 1 aromatic heterocycles. The molecule has 2 N–H and O–H groups in total. The molecule has 3 rings (SSSR count). The highest BCUT2D eigenvalue weighted by Gasteiger charge is 2.09. The summed E-state index contributed by atoms with van der Waals surface area (Å²) in [5.74, 6) is 0.541. The fraction of sp³-hybridized carbons (Fsp3) is 0.0667. The maximum atomic E-state index is 12.2. The van der Waals surface area contributed by atoms with Gasteiger partial charge < -0.3 is 15.0 Å². The molecule has 1 amide bonds. The number of aromatic amines is 1. The van der Waals surface area contributed by atoms with Crippen molar-refractivity contribution in [2.24, 2.45) is 0 Å². The molecule has 0 unspecified atom stereocenters. The Kier molecular flexibility index (Phi) is 3.09. The summed E-state index contributed by atoms with van der Waals surface area (Å²) >= 11 is 0. The third-order valence-electron chi connectivity index (χ3n) is 3.05. The van der Waals surface area contributed by atoms with Crippen LogP contribution in [0.15, 0.2) is 48.8 Å². The number of carbonyl (C=O) groups is 1. The summed E-state index contributed by atoms with van der Waals surface area (Å²) in [4.78, 5) is 19.4. The first-order valence-electron chi connectivity index (χ1n) is 6.15. The molecule has 0 aliphatic heterocycles. The first-order chi connectivity index (χ1) is 9.78. The van der Waals surface area contributed by atoms with Crippen molar-refractivity contribution < 1.29 is 9.53 Å². The molecule has 0 aliphatic rings. The van der Waals surface area contributed by atoms with Crippen LogP contribution in [0.5, 0.6) is 5.75 Å². The SMILES string of the molecule is COc1ccc(C(=O)Nc2cccc3[nH]cnc23)cc1. The van der Waals surface area contributed by atoms with E-state index in [9.17, 15) is 4.79 Å². The zero-order valence-electron chi connectivity index (χ0n) is 10.9. The molecular formula is C15H13N3O2. The summed E-state index contributed by atoms with van der Waals surface area (Å²) in [6.45, 7) is 0. The summed E-state index contributed by atoms with van der Waals surface area (Å²) in [6, 6.07) is 12.5. The lowest BCUT2D eigenvalue weighted by molar-refractivity contribution is 0.102. The molecule has 0 aliphatic carbocycles. The van der Waals surface area contributed by atoms with E-state index in [1.54, 1.807) is 37.7 Å². The number of anilines is 1. The highest BCUT2D eigenvalue weighted by Crippen LogP contribution is 2.20. The molecule has 100 valence electrons. The summed E-state index contributed by atoms with van der Waals surface area (Å²) in [6.07, 6.45) is 1.60. The van der Waals surface area contributed by atoms with Crippen molar-refractivity contribution in [2.45, 2.75) is 0 Å². The topological polar surface area (TPSA) is 67.0 Å². The van der Waals surface area contributed by atoms with E-state index >= 15 is 0 Å². The van der Waals surface area contributed by atoms with Gasteiger partial charge in [0, 0.05) is 5.56 Å². The number of fused-ring (bicyclic) bond motifs is 1. The van der Waals surface area contributed by atoms with Gasteiger partial charge in [-0.1, -0.05) is 6.07 Å². The van der Waals surface area contributed by atoms with Crippen LogP contribution in [0.1, 0.15) is 10.4 Å². The molecule has 0 spiro atoms. The van der Waals surface area contributed by atoms with Crippen LogP contribution in [0.2, 0.25) is 0 Å². The summed E-state index contributed by atoms with van der Waals surface area (Å²) in [7, 11) is 1.59. The van der Waals surface area contributed by atoms with E-state index < -0.39 is 0 Å². The monoisotopic (exact) mass is 267 g/mol. The molecule has 0 saturated carbocycles. The molecule has 1 heterocycles. The van der Waals surface area contributed by atoms with E-state index in [0.29, 0.717) is 11.3 Å². The third-order valence-corrected chi connectivity index (χ3v) is 3.05. The number of nitrogens with zero attached hydrogens (tertiary/aromatic N) is 1. The van der Waals surface area contributed by atoms with Crippen LogP contribution in [0, 0.1) is 0 Å². The van der Waals surface area contributed by atoms with Crippen molar-refractivity contribution >= 4 is 22.6 Å². The van der Waals surface area contributed by atoms with Crippen LogP contribution >= 0.6 is 0 Å². The Morgan fingerprint density at radius 3 is 2.75 bits per heavy atom. The fourth-order valence-corrected chi connectivity index (χ4v) is 2.00. The van der Waals surface area contributed by atoms with Gasteiger partial charge in [-0.3, -0.25) is 4.79 Å². The Labute approximate surface area is 115 Å². The molecule has 0 bridgehead atoms. The van der Waals surface area contributed by atoms with Crippen LogP contribution in [-0.2, 0) is 0 Å². The first kappa shape index (κ1) is 12.2. The minimum absolute atomic E-state index is 0.178. The lowest BCUT2D eigenvalue weighted by atomic mass is 10.2. The van der Waals surface area contributed by atoms with Crippen LogP contribution < -0.4 is 10.1 Å². The average molecular weight is 267 g/mol. The summed E-state index contributed by atoms with van der Waals surface area (Å²) < 4.78 is 5.07. The van der Waals surface area contributed by atoms with Crippen LogP contribution in [0.4, 0.5) is 5.69 Å².